The number of amides is 1. The lowest BCUT2D eigenvalue weighted by atomic mass is 10.2. The van der Waals surface area contributed by atoms with Gasteiger partial charge in [0.05, 0.1) is 0 Å². The number of hydrogen-bond acceptors (Lipinski definition) is 6. The number of nitrogens with zero attached hydrogens (tertiary/aromatic N) is 2. The predicted octanol–water partition coefficient (Wildman–Crippen LogP) is 4.47. The highest BCUT2D eigenvalue weighted by molar-refractivity contribution is 6.31. The number of carbonyl (C=O) groups excluding carboxylic acids is 1. The number of hydrogen-bond donors (Lipinski definition) is 2. The number of nitrogens with one attached hydrogen (secondary N) is 2. The van der Waals surface area contributed by atoms with Crippen molar-refractivity contribution in [3.05, 3.63) is 64.4 Å². The van der Waals surface area contributed by atoms with E-state index < -0.39 is 0 Å². The fourth-order valence-electron chi connectivity index (χ4n) is 2.77. The van der Waals surface area contributed by atoms with E-state index in [1.165, 1.54) is 0 Å². The van der Waals surface area contributed by atoms with E-state index in [4.69, 9.17) is 21.1 Å². The molecule has 4 rings (SSSR count). The molecule has 0 spiro atoms. The SMILES string of the molecule is Cc1cc(C(=O)Nc2ccc3c(c2)OCO3)nc(Nc2cccc(Cl)c2C)n1. The van der Waals surface area contributed by atoms with Crippen molar-refractivity contribution >= 4 is 34.8 Å². The first-order valence-electron chi connectivity index (χ1n) is 8.58. The van der Waals surface area contributed by atoms with Crippen molar-refractivity contribution in [2.75, 3.05) is 17.4 Å². The molecule has 1 amide bonds. The molecule has 1 aromatic heterocycles. The van der Waals surface area contributed by atoms with Crippen molar-refractivity contribution < 1.29 is 14.3 Å². The number of fused-ring (bicyclic) bond motifs is 1. The van der Waals surface area contributed by atoms with E-state index in [1.807, 2.05) is 25.1 Å². The fraction of sp³-hybridized carbons (Fsp3) is 0.150. The monoisotopic (exact) mass is 396 g/mol. The third kappa shape index (κ3) is 3.70. The van der Waals surface area contributed by atoms with Gasteiger partial charge < -0.3 is 20.1 Å². The summed E-state index contributed by atoms with van der Waals surface area (Å²) in [5, 5.41) is 6.57. The number of aromatic nitrogens is 2. The summed E-state index contributed by atoms with van der Waals surface area (Å²) in [6.45, 7) is 3.87. The zero-order valence-electron chi connectivity index (χ0n) is 15.2. The van der Waals surface area contributed by atoms with Crippen molar-refractivity contribution in [2.45, 2.75) is 13.8 Å². The first-order valence-corrected chi connectivity index (χ1v) is 8.96. The largest absolute Gasteiger partial charge is 0.454 e. The first kappa shape index (κ1) is 18.1. The Morgan fingerprint density at radius 2 is 1.89 bits per heavy atom. The van der Waals surface area contributed by atoms with Gasteiger partial charge in [0.15, 0.2) is 11.5 Å². The molecule has 2 N–H and O–H groups in total. The van der Waals surface area contributed by atoms with Gasteiger partial charge in [-0.1, -0.05) is 17.7 Å². The summed E-state index contributed by atoms with van der Waals surface area (Å²) in [4.78, 5) is 21.4. The zero-order valence-corrected chi connectivity index (χ0v) is 16.0. The van der Waals surface area contributed by atoms with Gasteiger partial charge in [-0.2, -0.15) is 0 Å². The molecule has 2 aromatic carbocycles. The van der Waals surface area contributed by atoms with Crippen molar-refractivity contribution in [1.82, 2.24) is 9.97 Å². The molecule has 0 aliphatic carbocycles. The molecule has 0 saturated heterocycles. The lowest BCUT2D eigenvalue weighted by Crippen LogP contribution is -2.15. The molecule has 28 heavy (non-hydrogen) atoms. The van der Waals surface area contributed by atoms with Gasteiger partial charge in [-0.25, -0.2) is 9.97 Å². The average molecular weight is 397 g/mol. The van der Waals surface area contributed by atoms with Crippen molar-refractivity contribution in [3.63, 3.8) is 0 Å². The van der Waals surface area contributed by atoms with Gasteiger partial charge in [0, 0.05) is 28.2 Å². The maximum atomic E-state index is 12.7. The highest BCUT2D eigenvalue weighted by atomic mass is 35.5. The van der Waals surface area contributed by atoms with Crippen LogP contribution in [0.25, 0.3) is 0 Å². The smallest absolute Gasteiger partial charge is 0.274 e. The van der Waals surface area contributed by atoms with Crippen LogP contribution in [-0.4, -0.2) is 22.7 Å². The van der Waals surface area contributed by atoms with Gasteiger partial charge in [-0.3, -0.25) is 4.79 Å². The molecule has 0 atom stereocenters. The molecule has 7 nitrogen and oxygen atoms in total. The molecule has 1 aliphatic heterocycles. The summed E-state index contributed by atoms with van der Waals surface area (Å²) in [5.41, 5.74) is 3.15. The van der Waals surface area contributed by atoms with E-state index in [9.17, 15) is 4.79 Å². The Hall–Kier alpha value is -3.32. The number of aryl methyl sites for hydroxylation is 1. The number of benzene rings is 2. The van der Waals surface area contributed by atoms with E-state index in [-0.39, 0.29) is 18.4 Å². The summed E-state index contributed by atoms with van der Waals surface area (Å²) < 4.78 is 10.6. The summed E-state index contributed by atoms with van der Waals surface area (Å²) >= 11 is 6.16. The summed E-state index contributed by atoms with van der Waals surface area (Å²) in [5.74, 6) is 1.21. The minimum atomic E-state index is -0.352. The third-order valence-electron chi connectivity index (χ3n) is 4.23. The Morgan fingerprint density at radius 1 is 1.07 bits per heavy atom. The predicted molar refractivity (Wildman–Crippen MR) is 107 cm³/mol. The van der Waals surface area contributed by atoms with E-state index in [0.717, 1.165) is 11.3 Å². The second-order valence-electron chi connectivity index (χ2n) is 6.28. The minimum Gasteiger partial charge on any atom is -0.454 e. The third-order valence-corrected chi connectivity index (χ3v) is 4.64. The molecule has 8 heteroatoms. The molecule has 142 valence electrons. The summed E-state index contributed by atoms with van der Waals surface area (Å²) in [6.07, 6.45) is 0. The quantitative estimate of drug-likeness (QED) is 0.676. The van der Waals surface area contributed by atoms with Crippen LogP contribution in [0.2, 0.25) is 5.02 Å². The Morgan fingerprint density at radius 3 is 2.75 bits per heavy atom. The van der Waals surface area contributed by atoms with Crippen LogP contribution in [-0.2, 0) is 0 Å². The normalized spacial score (nSPS) is 12.0. The van der Waals surface area contributed by atoms with Gasteiger partial charge in [-0.15, -0.1) is 0 Å². The highest BCUT2D eigenvalue weighted by Crippen LogP contribution is 2.34. The van der Waals surface area contributed by atoms with E-state index in [2.05, 4.69) is 20.6 Å². The van der Waals surface area contributed by atoms with Crippen LogP contribution in [0, 0.1) is 13.8 Å². The van der Waals surface area contributed by atoms with E-state index in [0.29, 0.717) is 33.9 Å². The Balaban J connectivity index is 1.56. The van der Waals surface area contributed by atoms with Crippen LogP contribution in [0.5, 0.6) is 11.5 Å². The molecule has 3 aromatic rings. The van der Waals surface area contributed by atoms with Crippen LogP contribution in [0.3, 0.4) is 0 Å². The second-order valence-corrected chi connectivity index (χ2v) is 6.68. The molecule has 0 fully saturated rings. The zero-order chi connectivity index (χ0) is 19.7. The fourth-order valence-corrected chi connectivity index (χ4v) is 2.95. The molecular formula is C20H17ClN4O3. The van der Waals surface area contributed by atoms with Crippen LogP contribution in [0.4, 0.5) is 17.3 Å². The van der Waals surface area contributed by atoms with Crippen molar-refractivity contribution in [3.8, 4) is 11.5 Å². The lowest BCUT2D eigenvalue weighted by molar-refractivity contribution is 0.102. The number of carbonyl (C=O) groups is 1. The van der Waals surface area contributed by atoms with Gasteiger partial charge >= 0.3 is 0 Å². The first-order chi connectivity index (χ1) is 13.5. The number of rotatable bonds is 4. The lowest BCUT2D eigenvalue weighted by Gasteiger charge is -2.11. The summed E-state index contributed by atoms with van der Waals surface area (Å²) in [7, 11) is 0. The molecule has 2 heterocycles. The standard InChI is InChI=1S/C20H17ClN4O3/c1-11-8-16(19(26)23-13-6-7-17-18(9-13)28-10-27-17)25-20(22-11)24-15-5-3-4-14(21)12(15)2/h3-9H,10H2,1-2H3,(H,23,26)(H,22,24,25). The van der Waals surface area contributed by atoms with Crippen LogP contribution >= 0.6 is 11.6 Å². The van der Waals surface area contributed by atoms with Gasteiger partial charge in [0.25, 0.3) is 5.91 Å². The van der Waals surface area contributed by atoms with E-state index in [1.54, 1.807) is 31.2 Å². The number of anilines is 3. The number of halogens is 1. The molecule has 1 aliphatic rings. The van der Waals surface area contributed by atoms with Crippen LogP contribution in [0.15, 0.2) is 42.5 Å². The molecule has 0 bridgehead atoms. The minimum absolute atomic E-state index is 0.176. The summed E-state index contributed by atoms with van der Waals surface area (Å²) in [6, 6.07) is 12.3. The van der Waals surface area contributed by atoms with Gasteiger partial charge in [-0.05, 0) is 49.7 Å². The molecular weight excluding hydrogens is 380 g/mol. The number of ether oxygens (including phenoxy) is 2. The molecule has 0 saturated carbocycles. The highest BCUT2D eigenvalue weighted by Gasteiger charge is 2.16. The Kier molecular flexibility index (Phi) is 4.75. The van der Waals surface area contributed by atoms with Gasteiger partial charge in [0.1, 0.15) is 5.69 Å². The van der Waals surface area contributed by atoms with Crippen molar-refractivity contribution in [1.29, 1.82) is 0 Å². The van der Waals surface area contributed by atoms with Crippen LogP contribution < -0.4 is 20.1 Å². The second kappa shape index (κ2) is 7.36. The van der Waals surface area contributed by atoms with Gasteiger partial charge in [0.2, 0.25) is 12.7 Å². The van der Waals surface area contributed by atoms with E-state index >= 15 is 0 Å². The molecule has 0 radical (unpaired) electrons. The maximum absolute atomic E-state index is 12.7. The maximum Gasteiger partial charge on any atom is 0.274 e. The van der Waals surface area contributed by atoms with Crippen molar-refractivity contribution in [2.24, 2.45) is 0 Å². The molecule has 0 unspecified atom stereocenters. The average Bonchev–Trinajstić information content (AvgIpc) is 3.13. The Bertz CT molecular complexity index is 1070. The Labute approximate surface area is 166 Å². The van der Waals surface area contributed by atoms with Crippen LogP contribution in [0.1, 0.15) is 21.7 Å². The topological polar surface area (TPSA) is 85.4 Å².